The molecule has 0 aliphatic carbocycles. The minimum atomic E-state index is -3.71. The van der Waals surface area contributed by atoms with Gasteiger partial charge in [-0.2, -0.15) is 0 Å². The molecule has 1 aromatic rings. The van der Waals surface area contributed by atoms with Gasteiger partial charge in [-0.05, 0) is 6.07 Å². The van der Waals surface area contributed by atoms with Crippen LogP contribution in [0.3, 0.4) is 0 Å². The molecule has 1 aromatic carbocycles. The molecule has 0 radical (unpaired) electrons. The summed E-state index contributed by atoms with van der Waals surface area (Å²) in [7, 11) is 1.71. The molecule has 0 unspecified atom stereocenters. The van der Waals surface area contributed by atoms with Crippen molar-refractivity contribution in [3.05, 3.63) is 17.2 Å². The zero-order valence-corrected chi connectivity index (χ0v) is 9.90. The Kier molecular flexibility index (Phi) is 2.09. The summed E-state index contributed by atoms with van der Waals surface area (Å²) >= 11 is 0. The van der Waals surface area contributed by atoms with E-state index in [4.69, 9.17) is 20.2 Å². The fourth-order valence-corrected chi connectivity index (χ4v) is 3.36. The minimum absolute atomic E-state index is 0.172. The zero-order valence-electron chi connectivity index (χ0n) is 8.32. The smallest absolute Gasteiger partial charge is 0.261 e. The summed E-state index contributed by atoms with van der Waals surface area (Å²) in [6.07, 6.45) is 1.26. The normalized spacial score (nSPS) is 17.6. The highest BCUT2D eigenvalue weighted by Crippen LogP contribution is 2.45. The second-order valence-electron chi connectivity index (χ2n) is 3.81. The molecular weight excluding hydrogens is 252 g/mol. The van der Waals surface area contributed by atoms with Crippen LogP contribution in [0.2, 0.25) is 0 Å². The van der Waals surface area contributed by atoms with Crippen LogP contribution >= 0.6 is 10.7 Å². The first kappa shape index (κ1) is 10.2. The lowest BCUT2D eigenvalue weighted by Gasteiger charge is -2.09. The monoisotopic (exact) mass is 260 g/mol. The van der Waals surface area contributed by atoms with Crippen molar-refractivity contribution in [3.63, 3.8) is 0 Å². The number of benzene rings is 1. The maximum atomic E-state index is 11.5. The number of rotatable bonds is 1. The Balaban J connectivity index is 2.33. The lowest BCUT2D eigenvalue weighted by Crippen LogP contribution is -1.97. The molecule has 0 fully saturated rings. The standard InChI is InChI=1S/C10H9ClO4S/c11-16(12,13)8-5-6-1-3-14-9(6)10-7(8)2-4-15-10/h5H,1-4H2. The first-order valence-electron chi connectivity index (χ1n) is 4.96. The minimum Gasteiger partial charge on any atom is -0.489 e. The van der Waals surface area contributed by atoms with Crippen LogP contribution < -0.4 is 9.47 Å². The summed E-state index contributed by atoms with van der Waals surface area (Å²) in [6.45, 7) is 1.05. The van der Waals surface area contributed by atoms with Crippen molar-refractivity contribution in [3.8, 4) is 11.5 Å². The Bertz CT molecular complexity index is 565. The molecule has 0 N–H and O–H groups in total. The Morgan fingerprint density at radius 3 is 2.56 bits per heavy atom. The molecule has 2 aliphatic rings. The van der Waals surface area contributed by atoms with Crippen molar-refractivity contribution in [2.24, 2.45) is 0 Å². The van der Waals surface area contributed by atoms with Gasteiger partial charge in [0.15, 0.2) is 11.5 Å². The molecule has 4 nitrogen and oxygen atoms in total. The maximum absolute atomic E-state index is 11.5. The molecule has 0 bridgehead atoms. The van der Waals surface area contributed by atoms with E-state index in [1.54, 1.807) is 6.07 Å². The van der Waals surface area contributed by atoms with Gasteiger partial charge in [-0.1, -0.05) is 0 Å². The molecule has 16 heavy (non-hydrogen) atoms. The van der Waals surface area contributed by atoms with Crippen LogP contribution in [0.25, 0.3) is 0 Å². The highest BCUT2D eigenvalue weighted by atomic mass is 35.7. The van der Waals surface area contributed by atoms with Gasteiger partial charge in [-0.15, -0.1) is 0 Å². The van der Waals surface area contributed by atoms with Gasteiger partial charge < -0.3 is 9.47 Å². The van der Waals surface area contributed by atoms with Crippen LogP contribution in [-0.4, -0.2) is 21.6 Å². The molecule has 0 amide bonds. The molecule has 0 saturated carbocycles. The van der Waals surface area contributed by atoms with Crippen LogP contribution in [0.4, 0.5) is 0 Å². The SMILES string of the molecule is O=S(=O)(Cl)c1cc2c(c3c1CCO3)OCC2. The van der Waals surface area contributed by atoms with Crippen molar-refractivity contribution < 1.29 is 17.9 Å². The van der Waals surface area contributed by atoms with Gasteiger partial charge in [0.05, 0.1) is 18.1 Å². The van der Waals surface area contributed by atoms with Crippen molar-refractivity contribution in [2.45, 2.75) is 17.7 Å². The number of halogens is 1. The average molecular weight is 261 g/mol. The van der Waals surface area contributed by atoms with Crippen LogP contribution in [0, 0.1) is 0 Å². The van der Waals surface area contributed by atoms with E-state index < -0.39 is 9.05 Å². The van der Waals surface area contributed by atoms with Crippen LogP contribution in [0.15, 0.2) is 11.0 Å². The van der Waals surface area contributed by atoms with Crippen molar-refractivity contribution in [1.29, 1.82) is 0 Å². The first-order valence-corrected chi connectivity index (χ1v) is 7.27. The number of hydrogen-bond donors (Lipinski definition) is 0. The van der Waals surface area contributed by atoms with E-state index in [-0.39, 0.29) is 4.90 Å². The topological polar surface area (TPSA) is 52.6 Å². The molecule has 2 aliphatic heterocycles. The largest absolute Gasteiger partial charge is 0.489 e. The van der Waals surface area contributed by atoms with E-state index in [0.717, 1.165) is 5.56 Å². The molecule has 86 valence electrons. The van der Waals surface area contributed by atoms with E-state index in [1.807, 2.05) is 0 Å². The number of ether oxygens (including phenoxy) is 2. The third-order valence-corrected chi connectivity index (χ3v) is 4.24. The van der Waals surface area contributed by atoms with Crippen LogP contribution in [-0.2, 0) is 21.9 Å². The maximum Gasteiger partial charge on any atom is 0.261 e. The van der Waals surface area contributed by atoms with E-state index in [0.29, 0.717) is 43.1 Å². The van der Waals surface area contributed by atoms with Gasteiger partial charge in [0, 0.05) is 34.7 Å². The molecule has 0 spiro atoms. The predicted molar refractivity (Wildman–Crippen MR) is 57.9 cm³/mol. The van der Waals surface area contributed by atoms with E-state index in [9.17, 15) is 8.42 Å². The molecule has 3 rings (SSSR count). The summed E-state index contributed by atoms with van der Waals surface area (Å²) in [6, 6.07) is 1.61. The molecule has 0 atom stereocenters. The van der Waals surface area contributed by atoms with Crippen LogP contribution in [0.5, 0.6) is 11.5 Å². The Hall–Kier alpha value is -0.940. The van der Waals surface area contributed by atoms with Gasteiger partial charge in [-0.3, -0.25) is 0 Å². The van der Waals surface area contributed by atoms with Crippen molar-refractivity contribution in [2.75, 3.05) is 13.2 Å². The quantitative estimate of drug-likeness (QED) is 0.718. The molecule has 6 heteroatoms. The van der Waals surface area contributed by atoms with Gasteiger partial charge >= 0.3 is 0 Å². The second kappa shape index (κ2) is 3.28. The van der Waals surface area contributed by atoms with Gasteiger partial charge in [0.1, 0.15) is 0 Å². The fraction of sp³-hybridized carbons (Fsp3) is 0.400. The van der Waals surface area contributed by atoms with Gasteiger partial charge in [0.2, 0.25) is 0 Å². The predicted octanol–water partition coefficient (Wildman–Crippen LogP) is 1.48. The zero-order chi connectivity index (χ0) is 11.3. The van der Waals surface area contributed by atoms with E-state index in [2.05, 4.69) is 0 Å². The first-order chi connectivity index (χ1) is 7.57. The number of hydrogen-bond acceptors (Lipinski definition) is 4. The van der Waals surface area contributed by atoms with Crippen molar-refractivity contribution in [1.82, 2.24) is 0 Å². The Labute approximate surface area is 97.5 Å². The van der Waals surface area contributed by atoms with Gasteiger partial charge in [0.25, 0.3) is 9.05 Å². The lowest BCUT2D eigenvalue weighted by atomic mass is 10.1. The third-order valence-electron chi connectivity index (χ3n) is 2.85. The summed E-state index contributed by atoms with van der Waals surface area (Å²) in [4.78, 5) is 0.172. The summed E-state index contributed by atoms with van der Waals surface area (Å²) in [5, 5.41) is 0. The summed E-state index contributed by atoms with van der Waals surface area (Å²) < 4.78 is 33.8. The average Bonchev–Trinajstić information content (AvgIpc) is 2.82. The van der Waals surface area contributed by atoms with Gasteiger partial charge in [-0.25, -0.2) is 8.42 Å². The Morgan fingerprint density at radius 2 is 1.81 bits per heavy atom. The van der Waals surface area contributed by atoms with E-state index in [1.165, 1.54) is 0 Å². The molecule has 0 saturated heterocycles. The third kappa shape index (κ3) is 1.38. The number of fused-ring (bicyclic) bond motifs is 3. The molecular formula is C10H9ClO4S. The van der Waals surface area contributed by atoms with Crippen LogP contribution in [0.1, 0.15) is 11.1 Å². The fourth-order valence-electron chi connectivity index (χ4n) is 2.17. The highest BCUT2D eigenvalue weighted by Gasteiger charge is 2.31. The molecule has 2 heterocycles. The lowest BCUT2D eigenvalue weighted by molar-refractivity contribution is 0.310. The Morgan fingerprint density at radius 1 is 1.12 bits per heavy atom. The summed E-state index contributed by atoms with van der Waals surface area (Å²) in [5.41, 5.74) is 1.51. The van der Waals surface area contributed by atoms with E-state index >= 15 is 0 Å². The van der Waals surface area contributed by atoms with Crippen molar-refractivity contribution >= 4 is 19.7 Å². The summed E-state index contributed by atoms with van der Waals surface area (Å²) in [5.74, 6) is 1.26. The highest BCUT2D eigenvalue weighted by molar-refractivity contribution is 8.13. The second-order valence-corrected chi connectivity index (χ2v) is 6.34. The molecule has 0 aromatic heterocycles.